The predicted molar refractivity (Wildman–Crippen MR) is 62.0 cm³/mol. The third-order valence-electron chi connectivity index (χ3n) is 2.92. The summed E-state index contributed by atoms with van der Waals surface area (Å²) in [6, 6.07) is 0.430. The minimum Gasteiger partial charge on any atom is -0.389 e. The van der Waals surface area contributed by atoms with Gasteiger partial charge in [0.05, 0.1) is 11.7 Å². The van der Waals surface area contributed by atoms with Crippen molar-refractivity contribution in [3.8, 4) is 0 Å². The summed E-state index contributed by atoms with van der Waals surface area (Å²) in [4.78, 5) is 0. The van der Waals surface area contributed by atoms with Crippen LogP contribution in [0.5, 0.6) is 0 Å². The summed E-state index contributed by atoms with van der Waals surface area (Å²) >= 11 is 0. The van der Waals surface area contributed by atoms with Gasteiger partial charge >= 0.3 is 0 Å². The fourth-order valence-corrected chi connectivity index (χ4v) is 1.86. The monoisotopic (exact) mass is 215 g/mol. The Hall–Kier alpha value is -0.120. The quantitative estimate of drug-likeness (QED) is 0.708. The highest BCUT2D eigenvalue weighted by Crippen LogP contribution is 2.21. The zero-order valence-electron chi connectivity index (χ0n) is 10.3. The van der Waals surface area contributed by atoms with Crippen LogP contribution in [0.1, 0.15) is 46.5 Å². The molecule has 1 heterocycles. The first-order chi connectivity index (χ1) is 6.99. The summed E-state index contributed by atoms with van der Waals surface area (Å²) in [5, 5.41) is 13.4. The standard InChI is InChI=1S/C12H25NO2/c1-10(2)13-9-12(3,14)7-6-11-5-4-8-15-11/h10-11,13-14H,4-9H2,1-3H3. The van der Waals surface area contributed by atoms with Crippen molar-refractivity contribution in [3.05, 3.63) is 0 Å². The molecule has 1 aliphatic rings. The topological polar surface area (TPSA) is 41.5 Å². The largest absolute Gasteiger partial charge is 0.389 e. The zero-order chi connectivity index (χ0) is 11.3. The van der Waals surface area contributed by atoms with E-state index in [1.807, 2.05) is 6.92 Å². The van der Waals surface area contributed by atoms with Crippen LogP contribution in [0.25, 0.3) is 0 Å². The van der Waals surface area contributed by atoms with Gasteiger partial charge in [0.25, 0.3) is 0 Å². The minimum atomic E-state index is -0.601. The normalized spacial score (nSPS) is 25.8. The van der Waals surface area contributed by atoms with Crippen LogP contribution in [-0.4, -0.2) is 36.0 Å². The lowest BCUT2D eigenvalue weighted by Gasteiger charge is -2.26. The first-order valence-corrected chi connectivity index (χ1v) is 6.07. The predicted octanol–water partition coefficient (Wildman–Crippen LogP) is 1.69. The molecule has 1 saturated heterocycles. The van der Waals surface area contributed by atoms with E-state index in [1.54, 1.807) is 0 Å². The molecule has 0 spiro atoms. The molecule has 2 atom stereocenters. The van der Waals surface area contributed by atoms with Crippen molar-refractivity contribution < 1.29 is 9.84 Å². The molecule has 0 bridgehead atoms. The number of aliphatic hydroxyl groups is 1. The highest BCUT2D eigenvalue weighted by Gasteiger charge is 2.24. The van der Waals surface area contributed by atoms with Crippen LogP contribution in [0.3, 0.4) is 0 Å². The van der Waals surface area contributed by atoms with Gasteiger partial charge in [-0.25, -0.2) is 0 Å². The molecule has 1 aliphatic heterocycles. The van der Waals surface area contributed by atoms with Crippen LogP contribution >= 0.6 is 0 Å². The summed E-state index contributed by atoms with van der Waals surface area (Å²) in [5.41, 5.74) is -0.601. The number of hydrogen-bond donors (Lipinski definition) is 2. The van der Waals surface area contributed by atoms with Gasteiger partial charge in [-0.1, -0.05) is 13.8 Å². The van der Waals surface area contributed by atoms with Gasteiger partial charge in [0.2, 0.25) is 0 Å². The lowest BCUT2D eigenvalue weighted by molar-refractivity contribution is 0.0242. The molecule has 0 amide bonds. The lowest BCUT2D eigenvalue weighted by atomic mass is 9.97. The van der Waals surface area contributed by atoms with Gasteiger partial charge in [-0.15, -0.1) is 0 Å². The summed E-state index contributed by atoms with van der Waals surface area (Å²) in [7, 11) is 0. The summed E-state index contributed by atoms with van der Waals surface area (Å²) < 4.78 is 5.54. The minimum absolute atomic E-state index is 0.385. The molecule has 1 fully saturated rings. The molecule has 0 saturated carbocycles. The summed E-state index contributed by atoms with van der Waals surface area (Å²) in [6.45, 7) is 7.65. The molecule has 0 aromatic heterocycles. The fourth-order valence-electron chi connectivity index (χ4n) is 1.86. The van der Waals surface area contributed by atoms with E-state index in [2.05, 4.69) is 19.2 Å². The maximum absolute atomic E-state index is 10.1. The fraction of sp³-hybridized carbons (Fsp3) is 1.00. The van der Waals surface area contributed by atoms with Crippen LogP contribution < -0.4 is 5.32 Å². The number of nitrogens with one attached hydrogen (secondary N) is 1. The maximum atomic E-state index is 10.1. The van der Waals surface area contributed by atoms with Gasteiger partial charge in [0.1, 0.15) is 0 Å². The SMILES string of the molecule is CC(C)NCC(C)(O)CCC1CCCO1. The Morgan fingerprint density at radius 1 is 1.53 bits per heavy atom. The maximum Gasteiger partial charge on any atom is 0.0744 e. The molecule has 1 rings (SSSR count). The molecule has 0 aliphatic carbocycles. The van der Waals surface area contributed by atoms with Gasteiger partial charge < -0.3 is 15.2 Å². The van der Waals surface area contributed by atoms with Crippen molar-refractivity contribution in [1.29, 1.82) is 0 Å². The van der Waals surface area contributed by atoms with E-state index < -0.39 is 5.60 Å². The molecule has 3 nitrogen and oxygen atoms in total. The van der Waals surface area contributed by atoms with Crippen molar-refractivity contribution in [2.75, 3.05) is 13.2 Å². The van der Waals surface area contributed by atoms with Crippen molar-refractivity contribution in [2.45, 2.75) is 64.2 Å². The van der Waals surface area contributed by atoms with E-state index in [4.69, 9.17) is 4.74 Å². The average Bonchev–Trinajstić information content (AvgIpc) is 2.65. The summed E-state index contributed by atoms with van der Waals surface area (Å²) in [6.07, 6.45) is 4.52. The molecule has 2 unspecified atom stereocenters. The second-order valence-electron chi connectivity index (χ2n) is 5.21. The smallest absolute Gasteiger partial charge is 0.0744 e. The first-order valence-electron chi connectivity index (χ1n) is 6.07. The van der Waals surface area contributed by atoms with Crippen molar-refractivity contribution in [2.24, 2.45) is 0 Å². The highest BCUT2D eigenvalue weighted by atomic mass is 16.5. The molecule has 0 radical (unpaired) electrons. The Balaban J connectivity index is 2.16. The molecular formula is C12H25NO2. The molecule has 3 heteroatoms. The Morgan fingerprint density at radius 3 is 2.80 bits per heavy atom. The van der Waals surface area contributed by atoms with Crippen molar-refractivity contribution >= 4 is 0 Å². The lowest BCUT2D eigenvalue weighted by Crippen LogP contribution is -2.41. The highest BCUT2D eigenvalue weighted by molar-refractivity contribution is 4.79. The Morgan fingerprint density at radius 2 is 2.27 bits per heavy atom. The Kier molecular flexibility index (Phi) is 5.03. The zero-order valence-corrected chi connectivity index (χ0v) is 10.3. The number of rotatable bonds is 6. The van der Waals surface area contributed by atoms with E-state index in [-0.39, 0.29) is 0 Å². The van der Waals surface area contributed by atoms with Gasteiger partial charge in [-0.05, 0) is 32.6 Å². The van der Waals surface area contributed by atoms with Gasteiger partial charge in [0.15, 0.2) is 0 Å². The van der Waals surface area contributed by atoms with E-state index in [0.29, 0.717) is 18.7 Å². The van der Waals surface area contributed by atoms with Crippen LogP contribution in [0.2, 0.25) is 0 Å². The number of ether oxygens (including phenoxy) is 1. The molecule has 15 heavy (non-hydrogen) atoms. The molecule has 0 aromatic carbocycles. The second-order valence-corrected chi connectivity index (χ2v) is 5.21. The van der Waals surface area contributed by atoms with E-state index in [9.17, 15) is 5.11 Å². The van der Waals surface area contributed by atoms with Crippen LogP contribution in [-0.2, 0) is 4.74 Å². The second kappa shape index (κ2) is 5.83. The molecule has 0 aromatic rings. The van der Waals surface area contributed by atoms with Gasteiger partial charge in [0, 0.05) is 19.2 Å². The number of hydrogen-bond acceptors (Lipinski definition) is 3. The molecule has 90 valence electrons. The third-order valence-corrected chi connectivity index (χ3v) is 2.92. The average molecular weight is 215 g/mol. The van der Waals surface area contributed by atoms with Crippen LogP contribution in [0.4, 0.5) is 0 Å². The first kappa shape index (κ1) is 12.9. The van der Waals surface area contributed by atoms with Crippen LogP contribution in [0, 0.1) is 0 Å². The van der Waals surface area contributed by atoms with E-state index in [1.165, 1.54) is 6.42 Å². The summed E-state index contributed by atoms with van der Waals surface area (Å²) in [5.74, 6) is 0. The van der Waals surface area contributed by atoms with E-state index in [0.717, 1.165) is 25.9 Å². The van der Waals surface area contributed by atoms with Crippen molar-refractivity contribution in [3.63, 3.8) is 0 Å². The molecule has 2 N–H and O–H groups in total. The van der Waals surface area contributed by atoms with Gasteiger partial charge in [-0.2, -0.15) is 0 Å². The molecular weight excluding hydrogens is 190 g/mol. The van der Waals surface area contributed by atoms with Crippen molar-refractivity contribution in [1.82, 2.24) is 5.32 Å². The third kappa shape index (κ3) is 5.50. The van der Waals surface area contributed by atoms with Crippen LogP contribution in [0.15, 0.2) is 0 Å². The Bertz CT molecular complexity index is 174. The Labute approximate surface area is 93.2 Å². The van der Waals surface area contributed by atoms with Gasteiger partial charge in [-0.3, -0.25) is 0 Å². The van der Waals surface area contributed by atoms with E-state index >= 15 is 0 Å².